The average molecular weight is 441 g/mol. The second-order valence-corrected chi connectivity index (χ2v) is 7.46. The van der Waals surface area contributed by atoms with Gasteiger partial charge in [-0.3, -0.25) is 9.78 Å². The molecule has 0 bridgehead atoms. The Bertz CT molecular complexity index is 979. The van der Waals surface area contributed by atoms with Crippen LogP contribution in [0.2, 0.25) is 5.15 Å². The molecule has 1 aromatic carbocycles. The molecule has 152 valence electrons. The number of hydrogen-bond acceptors (Lipinski definition) is 4. The molecule has 3 aromatic rings. The normalized spacial score (nSPS) is 11.4. The summed E-state index contributed by atoms with van der Waals surface area (Å²) >= 11 is 7.32. The number of benzene rings is 1. The zero-order valence-corrected chi connectivity index (χ0v) is 16.6. The van der Waals surface area contributed by atoms with Gasteiger partial charge >= 0.3 is 6.18 Å². The van der Waals surface area contributed by atoms with Gasteiger partial charge in [0.05, 0.1) is 29.3 Å². The quantitative estimate of drug-likeness (QED) is 0.513. The van der Waals surface area contributed by atoms with E-state index in [0.717, 1.165) is 6.07 Å². The molecule has 0 spiro atoms. The van der Waals surface area contributed by atoms with Gasteiger partial charge in [-0.1, -0.05) is 29.8 Å². The van der Waals surface area contributed by atoms with Crippen LogP contribution in [-0.2, 0) is 16.7 Å². The molecule has 5 nitrogen and oxygen atoms in total. The SMILES string of the molecule is O=C(CCSCc1ccccc1C(F)(F)F)Nc1cn(-c2cccnc2)nc1Cl. The molecule has 0 aliphatic rings. The van der Waals surface area contributed by atoms with Gasteiger partial charge in [-0.15, -0.1) is 0 Å². The molecule has 0 aliphatic carbocycles. The predicted molar refractivity (Wildman–Crippen MR) is 107 cm³/mol. The molecule has 1 amide bonds. The van der Waals surface area contributed by atoms with Gasteiger partial charge < -0.3 is 5.32 Å². The van der Waals surface area contributed by atoms with E-state index in [2.05, 4.69) is 15.4 Å². The topological polar surface area (TPSA) is 59.8 Å². The number of alkyl halides is 3. The number of hydrogen-bond donors (Lipinski definition) is 1. The van der Waals surface area contributed by atoms with Crippen molar-refractivity contribution in [2.45, 2.75) is 18.3 Å². The molecular weight excluding hydrogens is 425 g/mol. The van der Waals surface area contributed by atoms with Crippen LogP contribution >= 0.6 is 23.4 Å². The predicted octanol–water partition coefficient (Wildman–Crippen LogP) is 5.20. The van der Waals surface area contributed by atoms with E-state index < -0.39 is 11.7 Å². The van der Waals surface area contributed by atoms with Gasteiger partial charge in [0.1, 0.15) is 0 Å². The lowest BCUT2D eigenvalue weighted by Crippen LogP contribution is -2.12. The largest absolute Gasteiger partial charge is 0.416 e. The van der Waals surface area contributed by atoms with E-state index in [4.69, 9.17) is 11.6 Å². The second-order valence-electron chi connectivity index (χ2n) is 6.00. The number of nitrogens with zero attached hydrogens (tertiary/aromatic N) is 3. The van der Waals surface area contributed by atoms with Gasteiger partial charge in [0.15, 0.2) is 5.15 Å². The van der Waals surface area contributed by atoms with Crippen molar-refractivity contribution < 1.29 is 18.0 Å². The summed E-state index contributed by atoms with van der Waals surface area (Å²) in [6, 6.07) is 8.97. The first kappa shape index (κ1) is 21.2. The summed E-state index contributed by atoms with van der Waals surface area (Å²) in [4.78, 5) is 16.1. The molecule has 1 N–H and O–H groups in total. The Hall–Kier alpha value is -2.52. The Balaban J connectivity index is 1.51. The number of halogens is 4. The highest BCUT2D eigenvalue weighted by Crippen LogP contribution is 2.33. The van der Waals surface area contributed by atoms with E-state index in [-0.39, 0.29) is 28.8 Å². The highest BCUT2D eigenvalue weighted by Gasteiger charge is 2.32. The number of anilines is 1. The van der Waals surface area contributed by atoms with Crippen molar-refractivity contribution in [3.63, 3.8) is 0 Å². The lowest BCUT2D eigenvalue weighted by molar-refractivity contribution is -0.138. The van der Waals surface area contributed by atoms with E-state index in [9.17, 15) is 18.0 Å². The molecule has 3 rings (SSSR count). The minimum absolute atomic E-state index is 0.132. The van der Waals surface area contributed by atoms with Gasteiger partial charge in [-0.2, -0.15) is 30.0 Å². The Morgan fingerprint density at radius 2 is 2.00 bits per heavy atom. The fourth-order valence-corrected chi connectivity index (χ4v) is 3.66. The van der Waals surface area contributed by atoms with Crippen LogP contribution in [0.1, 0.15) is 17.5 Å². The fraction of sp³-hybridized carbons (Fsp3) is 0.211. The average Bonchev–Trinajstić information content (AvgIpc) is 3.06. The first-order chi connectivity index (χ1) is 13.8. The molecule has 2 heterocycles. The van der Waals surface area contributed by atoms with Crippen LogP contribution in [0, 0.1) is 0 Å². The number of carbonyl (C=O) groups excluding carboxylic acids is 1. The third-order valence-electron chi connectivity index (χ3n) is 3.91. The van der Waals surface area contributed by atoms with Crippen molar-refractivity contribution in [2.75, 3.05) is 11.1 Å². The van der Waals surface area contributed by atoms with Gasteiger partial charge in [0.25, 0.3) is 0 Å². The second kappa shape index (κ2) is 9.32. The molecule has 0 saturated heterocycles. The Kier molecular flexibility index (Phi) is 6.81. The Morgan fingerprint density at radius 3 is 2.72 bits per heavy atom. The van der Waals surface area contributed by atoms with E-state index in [1.807, 2.05) is 0 Å². The van der Waals surface area contributed by atoms with Crippen LogP contribution in [0.5, 0.6) is 0 Å². The number of thioether (sulfide) groups is 1. The molecule has 29 heavy (non-hydrogen) atoms. The number of pyridine rings is 1. The van der Waals surface area contributed by atoms with Crippen molar-refractivity contribution >= 4 is 35.0 Å². The number of aromatic nitrogens is 3. The molecule has 2 aromatic heterocycles. The van der Waals surface area contributed by atoms with E-state index in [0.29, 0.717) is 17.1 Å². The van der Waals surface area contributed by atoms with Crippen molar-refractivity contribution in [3.05, 3.63) is 71.3 Å². The molecule has 0 aliphatic heterocycles. The molecule has 0 saturated carbocycles. The standard InChI is InChI=1S/C19H16ClF3N4OS/c20-18-16(11-27(26-18)14-5-3-8-24-10-14)25-17(28)7-9-29-12-13-4-1-2-6-15(13)19(21,22)23/h1-6,8,10-11H,7,9,12H2,(H,25,28). The maximum atomic E-state index is 13.0. The molecule has 0 fully saturated rings. The van der Waals surface area contributed by atoms with Gasteiger partial charge in [0.2, 0.25) is 5.91 Å². The van der Waals surface area contributed by atoms with Crippen molar-refractivity contribution in [3.8, 4) is 5.69 Å². The summed E-state index contributed by atoms with van der Waals surface area (Å²) in [7, 11) is 0. The summed E-state index contributed by atoms with van der Waals surface area (Å²) in [6.45, 7) is 0. The summed E-state index contributed by atoms with van der Waals surface area (Å²) < 4.78 is 40.5. The van der Waals surface area contributed by atoms with E-state index in [1.54, 1.807) is 36.8 Å². The van der Waals surface area contributed by atoms with Crippen LogP contribution < -0.4 is 5.32 Å². The number of amides is 1. The number of carbonyl (C=O) groups is 1. The summed E-state index contributed by atoms with van der Waals surface area (Å²) in [6.07, 6.45) is 0.545. The van der Waals surface area contributed by atoms with Crippen LogP contribution in [-0.4, -0.2) is 26.4 Å². The first-order valence-corrected chi connectivity index (χ1v) is 10.1. The van der Waals surface area contributed by atoms with E-state index >= 15 is 0 Å². The smallest absolute Gasteiger partial charge is 0.322 e. The number of rotatable bonds is 7. The van der Waals surface area contributed by atoms with Crippen molar-refractivity contribution in [1.29, 1.82) is 0 Å². The highest BCUT2D eigenvalue weighted by atomic mass is 35.5. The van der Waals surface area contributed by atoms with Gasteiger partial charge in [0, 0.05) is 24.1 Å². The van der Waals surface area contributed by atoms with Crippen LogP contribution in [0.15, 0.2) is 55.0 Å². The Labute approximate surface area is 174 Å². The highest BCUT2D eigenvalue weighted by molar-refractivity contribution is 7.98. The zero-order valence-electron chi connectivity index (χ0n) is 15.0. The van der Waals surface area contributed by atoms with Crippen LogP contribution in [0.25, 0.3) is 5.69 Å². The minimum atomic E-state index is -4.39. The van der Waals surface area contributed by atoms with Gasteiger partial charge in [-0.25, -0.2) is 4.68 Å². The minimum Gasteiger partial charge on any atom is -0.322 e. The first-order valence-electron chi connectivity index (χ1n) is 8.53. The third-order valence-corrected chi connectivity index (χ3v) is 5.19. The van der Waals surface area contributed by atoms with Crippen molar-refractivity contribution in [1.82, 2.24) is 14.8 Å². The molecular formula is C19H16ClF3N4OS. The van der Waals surface area contributed by atoms with Crippen molar-refractivity contribution in [2.24, 2.45) is 0 Å². The molecule has 0 unspecified atom stereocenters. The Morgan fingerprint density at radius 1 is 1.21 bits per heavy atom. The summed E-state index contributed by atoms with van der Waals surface area (Å²) in [5.74, 6) is 0.240. The zero-order chi connectivity index (χ0) is 20.9. The van der Waals surface area contributed by atoms with Crippen LogP contribution in [0.3, 0.4) is 0 Å². The monoisotopic (exact) mass is 440 g/mol. The molecule has 0 atom stereocenters. The summed E-state index contributed by atoms with van der Waals surface area (Å²) in [5, 5.41) is 6.92. The molecule has 10 heteroatoms. The van der Waals surface area contributed by atoms with E-state index in [1.165, 1.54) is 28.6 Å². The van der Waals surface area contributed by atoms with Gasteiger partial charge in [-0.05, 0) is 23.8 Å². The maximum absolute atomic E-state index is 13.0. The third kappa shape index (κ3) is 5.74. The van der Waals surface area contributed by atoms with Crippen LogP contribution in [0.4, 0.5) is 18.9 Å². The molecule has 0 radical (unpaired) electrons. The lowest BCUT2D eigenvalue weighted by Gasteiger charge is -2.12. The number of nitrogens with one attached hydrogen (secondary N) is 1. The maximum Gasteiger partial charge on any atom is 0.416 e. The lowest BCUT2D eigenvalue weighted by atomic mass is 10.1. The fourth-order valence-electron chi connectivity index (χ4n) is 2.54. The summed E-state index contributed by atoms with van der Waals surface area (Å²) in [5.41, 5.74) is 0.597.